The molecule has 15 heavy (non-hydrogen) atoms. The third-order valence-corrected chi connectivity index (χ3v) is 3.38. The predicted molar refractivity (Wildman–Crippen MR) is 62.1 cm³/mol. The molecule has 1 unspecified atom stereocenters. The maximum atomic E-state index is 8.52. The molecule has 0 amide bonds. The highest BCUT2D eigenvalue weighted by Gasteiger charge is 2.22. The summed E-state index contributed by atoms with van der Waals surface area (Å²) in [6.45, 7) is 6.51. The number of hydrogen-bond acceptors (Lipinski definition) is 3. The Morgan fingerprint density at radius 2 is 2.27 bits per heavy atom. The molecule has 0 radical (unpaired) electrons. The molecule has 4 heteroatoms. The molecule has 0 aromatic carbocycles. The van der Waals surface area contributed by atoms with Crippen molar-refractivity contribution in [2.45, 2.75) is 45.6 Å². The SMILES string of the molecule is CCN(CC1CCC1)C(C)CC(N)=NO. The fraction of sp³-hybridized carbons (Fsp3) is 0.909. The highest BCUT2D eigenvalue weighted by Crippen LogP contribution is 2.27. The van der Waals surface area contributed by atoms with Crippen molar-refractivity contribution < 1.29 is 5.21 Å². The van der Waals surface area contributed by atoms with E-state index >= 15 is 0 Å². The third-order valence-electron chi connectivity index (χ3n) is 3.38. The van der Waals surface area contributed by atoms with Gasteiger partial charge in [0.2, 0.25) is 0 Å². The first-order chi connectivity index (χ1) is 7.17. The summed E-state index contributed by atoms with van der Waals surface area (Å²) in [7, 11) is 0. The fourth-order valence-corrected chi connectivity index (χ4v) is 2.10. The van der Waals surface area contributed by atoms with Gasteiger partial charge in [0.15, 0.2) is 0 Å². The molecule has 0 aromatic heterocycles. The Morgan fingerprint density at radius 3 is 2.67 bits per heavy atom. The molecule has 1 saturated carbocycles. The zero-order valence-electron chi connectivity index (χ0n) is 9.82. The predicted octanol–water partition coefficient (Wildman–Crippen LogP) is 1.63. The van der Waals surface area contributed by atoms with Gasteiger partial charge in [0.25, 0.3) is 0 Å². The average Bonchev–Trinajstić information content (AvgIpc) is 2.16. The lowest BCUT2D eigenvalue weighted by Gasteiger charge is -2.35. The molecular formula is C11H23N3O. The monoisotopic (exact) mass is 213 g/mol. The molecule has 0 aromatic rings. The van der Waals surface area contributed by atoms with E-state index in [9.17, 15) is 0 Å². The summed E-state index contributed by atoms with van der Waals surface area (Å²) in [6.07, 6.45) is 4.77. The van der Waals surface area contributed by atoms with E-state index in [1.54, 1.807) is 0 Å². The Bertz CT molecular complexity index is 214. The minimum absolute atomic E-state index is 0.328. The summed E-state index contributed by atoms with van der Waals surface area (Å²) in [6, 6.07) is 0.367. The molecule has 0 aliphatic heterocycles. The average molecular weight is 213 g/mol. The van der Waals surface area contributed by atoms with Gasteiger partial charge in [-0.2, -0.15) is 0 Å². The normalized spacial score (nSPS) is 20.3. The van der Waals surface area contributed by atoms with Crippen molar-refractivity contribution in [2.24, 2.45) is 16.8 Å². The van der Waals surface area contributed by atoms with Crippen molar-refractivity contribution in [3.8, 4) is 0 Å². The highest BCUT2D eigenvalue weighted by atomic mass is 16.4. The minimum atomic E-state index is 0.328. The molecule has 0 spiro atoms. The Hall–Kier alpha value is -0.770. The van der Waals surface area contributed by atoms with Crippen LogP contribution in [0.25, 0.3) is 0 Å². The molecule has 1 rings (SSSR count). The summed E-state index contributed by atoms with van der Waals surface area (Å²) >= 11 is 0. The Morgan fingerprint density at radius 1 is 1.60 bits per heavy atom. The maximum Gasteiger partial charge on any atom is 0.140 e. The topological polar surface area (TPSA) is 61.8 Å². The van der Waals surface area contributed by atoms with E-state index in [1.807, 2.05) is 0 Å². The molecular weight excluding hydrogens is 190 g/mol. The van der Waals surface area contributed by atoms with Gasteiger partial charge in [0.05, 0.1) is 0 Å². The summed E-state index contributed by atoms with van der Waals surface area (Å²) in [5, 5.41) is 11.5. The zero-order chi connectivity index (χ0) is 11.3. The Balaban J connectivity index is 2.34. The van der Waals surface area contributed by atoms with Crippen molar-refractivity contribution in [3.05, 3.63) is 0 Å². The van der Waals surface area contributed by atoms with E-state index in [-0.39, 0.29) is 0 Å². The van der Waals surface area contributed by atoms with E-state index in [2.05, 4.69) is 23.9 Å². The maximum absolute atomic E-state index is 8.52. The van der Waals surface area contributed by atoms with Crippen LogP contribution in [0.1, 0.15) is 39.5 Å². The van der Waals surface area contributed by atoms with E-state index in [4.69, 9.17) is 10.9 Å². The van der Waals surface area contributed by atoms with Crippen molar-refractivity contribution in [3.63, 3.8) is 0 Å². The van der Waals surface area contributed by atoms with Crippen LogP contribution < -0.4 is 5.73 Å². The van der Waals surface area contributed by atoms with Crippen molar-refractivity contribution >= 4 is 5.84 Å². The van der Waals surface area contributed by atoms with Crippen LogP contribution in [0.5, 0.6) is 0 Å². The van der Waals surface area contributed by atoms with Gasteiger partial charge >= 0.3 is 0 Å². The second-order valence-corrected chi connectivity index (χ2v) is 4.53. The van der Waals surface area contributed by atoms with Gasteiger partial charge in [-0.3, -0.25) is 0 Å². The molecule has 0 saturated heterocycles. The number of nitrogens with two attached hydrogens (primary N) is 1. The largest absolute Gasteiger partial charge is 0.409 e. The van der Waals surface area contributed by atoms with Crippen molar-refractivity contribution in [2.75, 3.05) is 13.1 Å². The van der Waals surface area contributed by atoms with Gasteiger partial charge in [0.1, 0.15) is 5.84 Å². The van der Waals surface area contributed by atoms with Crippen LogP contribution >= 0.6 is 0 Å². The first-order valence-corrected chi connectivity index (χ1v) is 5.87. The first-order valence-electron chi connectivity index (χ1n) is 5.87. The third kappa shape index (κ3) is 3.70. The summed E-state index contributed by atoms with van der Waals surface area (Å²) in [4.78, 5) is 2.42. The lowest BCUT2D eigenvalue weighted by Crippen LogP contribution is -2.40. The van der Waals surface area contributed by atoms with Crippen LogP contribution in [0.15, 0.2) is 5.16 Å². The van der Waals surface area contributed by atoms with Gasteiger partial charge in [0, 0.05) is 19.0 Å². The van der Waals surface area contributed by atoms with Crippen molar-refractivity contribution in [1.82, 2.24) is 4.90 Å². The summed E-state index contributed by atoms with van der Waals surface area (Å²) in [5.41, 5.74) is 5.52. The lowest BCUT2D eigenvalue weighted by atomic mass is 9.85. The molecule has 88 valence electrons. The van der Waals surface area contributed by atoms with Crippen LogP contribution in [0, 0.1) is 5.92 Å². The van der Waals surface area contributed by atoms with Crippen LogP contribution in [-0.4, -0.2) is 35.1 Å². The number of rotatable bonds is 6. The summed E-state index contributed by atoms with van der Waals surface area (Å²) in [5.74, 6) is 1.20. The van der Waals surface area contributed by atoms with Crippen molar-refractivity contribution in [1.29, 1.82) is 0 Å². The molecule has 1 atom stereocenters. The molecule has 0 bridgehead atoms. The first kappa shape index (κ1) is 12.3. The molecule has 1 fully saturated rings. The highest BCUT2D eigenvalue weighted by molar-refractivity contribution is 5.80. The number of oxime groups is 1. The number of nitrogens with zero attached hydrogens (tertiary/aromatic N) is 2. The van der Waals surface area contributed by atoms with Gasteiger partial charge in [-0.15, -0.1) is 0 Å². The van der Waals surface area contributed by atoms with E-state index in [0.717, 1.165) is 19.0 Å². The van der Waals surface area contributed by atoms with Gasteiger partial charge in [-0.05, 0) is 32.2 Å². The second-order valence-electron chi connectivity index (χ2n) is 4.53. The van der Waals surface area contributed by atoms with Crippen LogP contribution in [0.3, 0.4) is 0 Å². The zero-order valence-corrected chi connectivity index (χ0v) is 9.82. The molecule has 3 N–H and O–H groups in total. The second kappa shape index (κ2) is 5.95. The van der Waals surface area contributed by atoms with E-state index in [0.29, 0.717) is 18.3 Å². The van der Waals surface area contributed by atoms with Gasteiger partial charge < -0.3 is 15.8 Å². The summed E-state index contributed by atoms with van der Waals surface area (Å²) < 4.78 is 0. The molecule has 1 aliphatic rings. The standard InChI is InChI=1S/C11H23N3O/c1-3-14(8-10-5-4-6-10)9(2)7-11(12)13-15/h9-10,15H,3-8H2,1-2H3,(H2,12,13). The number of hydrogen-bond donors (Lipinski definition) is 2. The van der Waals surface area contributed by atoms with Crippen LogP contribution in [0.4, 0.5) is 0 Å². The lowest BCUT2D eigenvalue weighted by molar-refractivity contribution is 0.148. The van der Waals surface area contributed by atoms with E-state index in [1.165, 1.54) is 19.3 Å². The molecule has 1 aliphatic carbocycles. The quantitative estimate of drug-likeness (QED) is 0.305. The van der Waals surface area contributed by atoms with Crippen LogP contribution in [-0.2, 0) is 0 Å². The number of amidine groups is 1. The Kier molecular flexibility index (Phi) is 4.88. The molecule has 4 nitrogen and oxygen atoms in total. The van der Waals surface area contributed by atoms with E-state index < -0.39 is 0 Å². The fourth-order valence-electron chi connectivity index (χ4n) is 2.10. The molecule has 0 heterocycles. The van der Waals surface area contributed by atoms with Gasteiger partial charge in [-0.25, -0.2) is 0 Å². The van der Waals surface area contributed by atoms with Gasteiger partial charge in [-0.1, -0.05) is 18.5 Å². The van der Waals surface area contributed by atoms with Crippen LogP contribution in [0.2, 0.25) is 0 Å². The smallest absolute Gasteiger partial charge is 0.140 e. The minimum Gasteiger partial charge on any atom is -0.409 e. The Labute approximate surface area is 92.1 Å².